The summed E-state index contributed by atoms with van der Waals surface area (Å²) in [6.45, 7) is 10.2. The van der Waals surface area contributed by atoms with E-state index in [1.807, 2.05) is 0 Å². The molecule has 2 aliphatic heterocycles. The first-order valence-corrected chi connectivity index (χ1v) is 9.97. The van der Waals surface area contributed by atoms with Gasteiger partial charge in [0, 0.05) is 23.5 Å². The molecular weight excluding hydrogens is 312 g/mol. The molecule has 3 heteroatoms. The van der Waals surface area contributed by atoms with Gasteiger partial charge in [0.1, 0.15) is 11.4 Å². The SMILES string of the molecule is C[C@@H]1CCC2C(C)(C)CCC[C@]2(C)C12Cc1cc3c(cc1O2)OCO3. The van der Waals surface area contributed by atoms with Crippen molar-refractivity contribution in [2.24, 2.45) is 22.7 Å². The quantitative estimate of drug-likeness (QED) is 0.636. The van der Waals surface area contributed by atoms with Crippen LogP contribution in [0.4, 0.5) is 0 Å². The highest BCUT2D eigenvalue weighted by atomic mass is 16.7. The molecule has 1 aromatic carbocycles. The van der Waals surface area contributed by atoms with Gasteiger partial charge in [0.05, 0.1) is 0 Å². The second-order valence-corrected chi connectivity index (χ2v) is 9.77. The molecule has 0 saturated heterocycles. The third-order valence-corrected chi connectivity index (χ3v) is 8.18. The van der Waals surface area contributed by atoms with E-state index in [0.29, 0.717) is 18.1 Å². The lowest BCUT2D eigenvalue weighted by atomic mass is 9.44. The Balaban J connectivity index is 1.59. The molecule has 3 nitrogen and oxygen atoms in total. The predicted molar refractivity (Wildman–Crippen MR) is 97.3 cm³/mol. The topological polar surface area (TPSA) is 27.7 Å². The summed E-state index contributed by atoms with van der Waals surface area (Å²) >= 11 is 0. The molecule has 1 aromatic rings. The molecule has 0 radical (unpaired) electrons. The fourth-order valence-corrected chi connectivity index (χ4v) is 6.86. The van der Waals surface area contributed by atoms with Crippen LogP contribution in [0, 0.1) is 22.7 Å². The minimum Gasteiger partial charge on any atom is -0.486 e. The fourth-order valence-electron chi connectivity index (χ4n) is 6.86. The van der Waals surface area contributed by atoms with Crippen molar-refractivity contribution in [3.05, 3.63) is 17.7 Å². The third kappa shape index (κ3) is 1.93. The molecule has 2 saturated carbocycles. The van der Waals surface area contributed by atoms with E-state index in [9.17, 15) is 0 Å². The number of hydrogen-bond acceptors (Lipinski definition) is 3. The van der Waals surface area contributed by atoms with Gasteiger partial charge in [-0.15, -0.1) is 0 Å². The Hall–Kier alpha value is -1.38. The van der Waals surface area contributed by atoms with E-state index < -0.39 is 0 Å². The van der Waals surface area contributed by atoms with Crippen LogP contribution in [0.2, 0.25) is 0 Å². The Labute approximate surface area is 151 Å². The number of fused-ring (bicyclic) bond motifs is 4. The van der Waals surface area contributed by atoms with Crippen molar-refractivity contribution in [2.45, 2.75) is 71.8 Å². The summed E-state index contributed by atoms with van der Waals surface area (Å²) < 4.78 is 18.1. The van der Waals surface area contributed by atoms with Crippen molar-refractivity contribution in [3.8, 4) is 17.2 Å². The molecule has 4 aliphatic rings. The van der Waals surface area contributed by atoms with Crippen molar-refractivity contribution < 1.29 is 14.2 Å². The summed E-state index contributed by atoms with van der Waals surface area (Å²) in [5.74, 6) is 4.06. The van der Waals surface area contributed by atoms with E-state index in [1.54, 1.807) is 0 Å². The maximum absolute atomic E-state index is 6.90. The molecule has 2 aliphatic carbocycles. The normalized spacial score (nSPS) is 40.5. The zero-order valence-corrected chi connectivity index (χ0v) is 16.0. The molecule has 2 heterocycles. The van der Waals surface area contributed by atoms with Gasteiger partial charge in [-0.05, 0) is 49.0 Å². The van der Waals surface area contributed by atoms with Gasteiger partial charge in [-0.3, -0.25) is 0 Å². The molecule has 2 fully saturated rings. The van der Waals surface area contributed by atoms with Gasteiger partial charge in [0.25, 0.3) is 0 Å². The molecule has 0 aromatic heterocycles. The Morgan fingerprint density at radius 1 is 0.960 bits per heavy atom. The number of hydrogen-bond donors (Lipinski definition) is 0. The molecule has 5 rings (SSSR count). The molecule has 0 amide bonds. The van der Waals surface area contributed by atoms with Crippen molar-refractivity contribution in [1.29, 1.82) is 0 Å². The van der Waals surface area contributed by atoms with Gasteiger partial charge in [-0.1, -0.05) is 34.1 Å². The standard InChI is InChI=1S/C22H30O3/c1-14-6-7-19-20(2,3)8-5-9-21(19,4)22(14)12-15-10-17-18(24-13-23-17)11-16(15)25-22/h10-11,14,19H,5-9,12-13H2,1-4H3/t14-,19?,21+,22?/m1/s1. The first-order chi connectivity index (χ1) is 11.9. The molecule has 4 atom stereocenters. The molecule has 136 valence electrons. The van der Waals surface area contributed by atoms with Gasteiger partial charge in [0.2, 0.25) is 6.79 Å². The van der Waals surface area contributed by atoms with E-state index in [-0.39, 0.29) is 11.0 Å². The van der Waals surface area contributed by atoms with Crippen molar-refractivity contribution >= 4 is 0 Å². The highest BCUT2D eigenvalue weighted by molar-refractivity contribution is 5.54. The fraction of sp³-hybridized carbons (Fsp3) is 0.727. The van der Waals surface area contributed by atoms with Gasteiger partial charge >= 0.3 is 0 Å². The summed E-state index contributed by atoms with van der Waals surface area (Å²) in [4.78, 5) is 0. The largest absolute Gasteiger partial charge is 0.486 e. The van der Waals surface area contributed by atoms with E-state index >= 15 is 0 Å². The van der Waals surface area contributed by atoms with Crippen LogP contribution in [0.3, 0.4) is 0 Å². The maximum atomic E-state index is 6.90. The monoisotopic (exact) mass is 342 g/mol. The van der Waals surface area contributed by atoms with Crippen molar-refractivity contribution in [2.75, 3.05) is 6.79 Å². The predicted octanol–water partition coefficient (Wildman–Crippen LogP) is 5.35. The summed E-state index contributed by atoms with van der Waals surface area (Å²) in [6.07, 6.45) is 7.58. The lowest BCUT2D eigenvalue weighted by molar-refractivity contribution is -0.184. The highest BCUT2D eigenvalue weighted by Crippen LogP contribution is 2.66. The zero-order chi connectivity index (χ0) is 17.4. The summed E-state index contributed by atoms with van der Waals surface area (Å²) in [7, 11) is 0. The molecule has 0 bridgehead atoms. The Kier molecular flexibility index (Phi) is 3.08. The van der Waals surface area contributed by atoms with Crippen LogP contribution < -0.4 is 14.2 Å². The zero-order valence-electron chi connectivity index (χ0n) is 16.0. The average Bonchev–Trinajstić information content (AvgIpc) is 3.13. The van der Waals surface area contributed by atoms with Gasteiger partial charge in [-0.25, -0.2) is 0 Å². The molecule has 25 heavy (non-hydrogen) atoms. The van der Waals surface area contributed by atoms with Crippen LogP contribution in [-0.2, 0) is 6.42 Å². The highest BCUT2D eigenvalue weighted by Gasteiger charge is 2.65. The molecule has 2 unspecified atom stereocenters. The van der Waals surface area contributed by atoms with Crippen LogP contribution in [0.25, 0.3) is 0 Å². The van der Waals surface area contributed by atoms with Crippen molar-refractivity contribution in [1.82, 2.24) is 0 Å². The van der Waals surface area contributed by atoms with Crippen LogP contribution >= 0.6 is 0 Å². The van der Waals surface area contributed by atoms with Gasteiger partial charge < -0.3 is 14.2 Å². The first kappa shape index (κ1) is 15.8. The summed E-state index contributed by atoms with van der Waals surface area (Å²) in [5, 5.41) is 0. The minimum atomic E-state index is -0.0783. The number of ether oxygens (including phenoxy) is 3. The lowest BCUT2D eigenvalue weighted by Crippen LogP contribution is -2.64. The van der Waals surface area contributed by atoms with E-state index in [2.05, 4.69) is 39.8 Å². The number of benzene rings is 1. The molecule has 1 spiro atoms. The second kappa shape index (κ2) is 4.86. The Morgan fingerprint density at radius 3 is 2.52 bits per heavy atom. The summed E-state index contributed by atoms with van der Waals surface area (Å²) in [6, 6.07) is 4.24. The lowest BCUT2D eigenvalue weighted by Gasteiger charge is -2.63. The van der Waals surface area contributed by atoms with Crippen LogP contribution in [0.1, 0.15) is 65.4 Å². The number of rotatable bonds is 0. The van der Waals surface area contributed by atoms with Crippen LogP contribution in [0.5, 0.6) is 17.2 Å². The van der Waals surface area contributed by atoms with E-state index in [1.165, 1.54) is 37.7 Å². The first-order valence-electron chi connectivity index (χ1n) is 9.97. The smallest absolute Gasteiger partial charge is 0.231 e. The minimum absolute atomic E-state index is 0.0783. The van der Waals surface area contributed by atoms with Gasteiger partial charge in [-0.2, -0.15) is 0 Å². The van der Waals surface area contributed by atoms with Crippen LogP contribution in [-0.4, -0.2) is 12.4 Å². The van der Waals surface area contributed by atoms with E-state index in [0.717, 1.165) is 29.6 Å². The average molecular weight is 342 g/mol. The van der Waals surface area contributed by atoms with Crippen LogP contribution in [0.15, 0.2) is 12.1 Å². The third-order valence-electron chi connectivity index (χ3n) is 8.18. The molecule has 0 N–H and O–H groups in total. The molecular formula is C22H30O3. The second-order valence-electron chi connectivity index (χ2n) is 9.77. The van der Waals surface area contributed by atoms with E-state index in [4.69, 9.17) is 14.2 Å². The van der Waals surface area contributed by atoms with Crippen molar-refractivity contribution in [3.63, 3.8) is 0 Å². The van der Waals surface area contributed by atoms with Gasteiger partial charge in [0.15, 0.2) is 11.5 Å². The summed E-state index contributed by atoms with van der Waals surface area (Å²) in [5.41, 5.74) is 1.87. The Bertz CT molecular complexity index is 689. The maximum Gasteiger partial charge on any atom is 0.231 e. The Morgan fingerprint density at radius 2 is 1.72 bits per heavy atom.